The summed E-state index contributed by atoms with van der Waals surface area (Å²) in [7, 11) is 1.48. The summed E-state index contributed by atoms with van der Waals surface area (Å²) in [6.07, 6.45) is 8.40. The predicted octanol–water partition coefficient (Wildman–Crippen LogP) is 6.78. The Labute approximate surface area is 329 Å². The number of anilines is 1. The quantitative estimate of drug-likeness (QED) is 0.113. The van der Waals surface area contributed by atoms with Crippen molar-refractivity contribution >= 4 is 33.6 Å². The Balaban J connectivity index is 1.22. The lowest BCUT2D eigenvalue weighted by atomic mass is 9.92. The Morgan fingerprint density at radius 2 is 1.82 bits per heavy atom. The van der Waals surface area contributed by atoms with Crippen molar-refractivity contribution in [2.75, 3.05) is 51.7 Å². The molecule has 9 rings (SSSR count). The lowest BCUT2D eigenvalue weighted by molar-refractivity contribution is 0.00537. The number of carbonyl (C=O) groups excluding carboxylic acids is 1. The molecule has 0 saturated carbocycles. The van der Waals surface area contributed by atoms with E-state index in [1.165, 1.54) is 13.2 Å². The van der Waals surface area contributed by atoms with Crippen LogP contribution in [0.4, 0.5) is 19.4 Å². The molecular weight excluding hydrogens is 735 g/mol. The van der Waals surface area contributed by atoms with Crippen molar-refractivity contribution in [2.24, 2.45) is 0 Å². The molecule has 57 heavy (non-hydrogen) atoms. The summed E-state index contributed by atoms with van der Waals surface area (Å²) in [5, 5.41) is 1.03. The van der Waals surface area contributed by atoms with E-state index >= 15 is 8.78 Å². The van der Waals surface area contributed by atoms with Crippen molar-refractivity contribution in [1.82, 2.24) is 24.8 Å². The Kier molecular flexibility index (Phi) is 8.82. The van der Waals surface area contributed by atoms with E-state index in [4.69, 9.17) is 45.1 Å². The van der Waals surface area contributed by atoms with Gasteiger partial charge >= 0.3 is 12.1 Å². The molecule has 3 atom stereocenters. The molecule has 4 aromatic rings. The van der Waals surface area contributed by atoms with Gasteiger partial charge in [-0.25, -0.2) is 18.6 Å². The summed E-state index contributed by atoms with van der Waals surface area (Å²) in [5.41, 5.74) is 1.01. The minimum absolute atomic E-state index is 0.0242. The third-order valence-electron chi connectivity index (χ3n) is 11.7. The maximum atomic E-state index is 17.6. The van der Waals surface area contributed by atoms with Gasteiger partial charge in [-0.2, -0.15) is 9.97 Å². The molecule has 4 saturated heterocycles. The topological polar surface area (TPSA) is 112 Å². The summed E-state index contributed by atoms with van der Waals surface area (Å²) in [4.78, 5) is 34.4. The number of terminal acetylenes is 1. The van der Waals surface area contributed by atoms with Crippen LogP contribution in [0.25, 0.3) is 32.9 Å². The summed E-state index contributed by atoms with van der Waals surface area (Å²) in [6.45, 7) is 16.1. The maximum Gasteiger partial charge on any atom is 0.410 e. The van der Waals surface area contributed by atoms with Gasteiger partial charge in [0.25, 0.3) is 0 Å². The SMILES string of the molecule is C#Cc1c(F)ccc2cc(OCOC)cc(-c3nc4c5c(nc(OCC67CC(=C)CN6CC(=C)C7)nc5c3F)N3C[C@H]5CC[C@@H]([C@H]3CO4)N5C(=O)OC(C)(C)C)c12. The summed E-state index contributed by atoms with van der Waals surface area (Å²) >= 11 is 0. The first-order valence-electron chi connectivity index (χ1n) is 19.2. The third kappa shape index (κ3) is 6.19. The molecule has 5 aliphatic rings. The van der Waals surface area contributed by atoms with Crippen LogP contribution in [0.15, 0.2) is 48.6 Å². The molecule has 1 amide bonds. The highest BCUT2D eigenvalue weighted by Crippen LogP contribution is 2.47. The Bertz CT molecular complexity index is 2410. The lowest BCUT2D eigenvalue weighted by Crippen LogP contribution is -2.63. The van der Waals surface area contributed by atoms with Crippen LogP contribution in [-0.2, 0) is 9.47 Å². The van der Waals surface area contributed by atoms with Crippen molar-refractivity contribution in [3.8, 4) is 41.2 Å². The molecule has 0 unspecified atom stereocenters. The minimum atomic E-state index is -0.805. The van der Waals surface area contributed by atoms with E-state index in [1.807, 2.05) is 25.7 Å². The second-order valence-corrected chi connectivity index (χ2v) is 16.8. The molecule has 7 heterocycles. The number of piperazine rings is 1. The Hall–Kier alpha value is -5.52. The molecule has 4 fully saturated rings. The van der Waals surface area contributed by atoms with Crippen LogP contribution in [0.5, 0.6) is 17.6 Å². The van der Waals surface area contributed by atoms with E-state index in [-0.39, 0.29) is 94.8 Å². The summed E-state index contributed by atoms with van der Waals surface area (Å²) < 4.78 is 62.8. The zero-order valence-electron chi connectivity index (χ0n) is 32.5. The number of rotatable bonds is 7. The number of halogens is 2. The van der Waals surface area contributed by atoms with Gasteiger partial charge in [0.2, 0.25) is 5.88 Å². The highest BCUT2D eigenvalue weighted by atomic mass is 19.1. The van der Waals surface area contributed by atoms with Crippen LogP contribution in [0.2, 0.25) is 0 Å². The molecule has 0 radical (unpaired) electrons. The lowest BCUT2D eigenvalue weighted by Gasteiger charge is -2.46. The molecule has 0 N–H and O–H groups in total. The number of pyridine rings is 1. The minimum Gasteiger partial charge on any atom is -0.475 e. The molecule has 14 heteroatoms. The van der Waals surface area contributed by atoms with E-state index in [0.717, 1.165) is 43.5 Å². The van der Waals surface area contributed by atoms with Gasteiger partial charge in [0, 0.05) is 37.7 Å². The van der Waals surface area contributed by atoms with Crippen molar-refractivity contribution in [3.63, 3.8) is 0 Å². The highest BCUT2D eigenvalue weighted by molar-refractivity contribution is 6.04. The predicted molar refractivity (Wildman–Crippen MR) is 209 cm³/mol. The van der Waals surface area contributed by atoms with E-state index in [0.29, 0.717) is 29.9 Å². The number of amides is 1. The van der Waals surface area contributed by atoms with E-state index in [2.05, 4.69) is 28.9 Å². The zero-order valence-corrected chi connectivity index (χ0v) is 32.5. The molecule has 2 aromatic carbocycles. The van der Waals surface area contributed by atoms with Gasteiger partial charge in [0.1, 0.15) is 52.8 Å². The number of hydrogen-bond acceptors (Lipinski definition) is 11. The molecule has 12 nitrogen and oxygen atoms in total. The van der Waals surface area contributed by atoms with Gasteiger partial charge in [0.15, 0.2) is 12.6 Å². The largest absolute Gasteiger partial charge is 0.475 e. The molecule has 0 aliphatic carbocycles. The smallest absolute Gasteiger partial charge is 0.410 e. The number of ether oxygens (including phenoxy) is 5. The molecule has 296 valence electrons. The molecular formula is C43H44F2N6O6. The zero-order chi connectivity index (χ0) is 40.0. The fourth-order valence-corrected chi connectivity index (χ4v) is 9.51. The molecule has 2 aromatic heterocycles. The number of nitrogens with zero attached hydrogens (tertiary/aromatic N) is 6. The van der Waals surface area contributed by atoms with E-state index < -0.39 is 17.2 Å². The standard InChI is InChI=1S/C43H44F2N6O6/c1-8-28-30(44)11-9-25-13-27(56-22-53-7)14-29(33(25)28)36-35(45)37-34-38(48-40(47-37)55-21-43-15-23(2)17-49(43)18-24(3)16-43)50-19-26-10-12-31(32(50)20-54-39(34)46-36)51(26)41(52)57-42(4,5)6/h1,9,11,13-14,26,31-32H,2-3,10,12,15-22H2,4-7H3/t26-,31+,32-/m1/s1. The van der Waals surface area contributed by atoms with Crippen LogP contribution < -0.4 is 19.1 Å². The van der Waals surface area contributed by atoms with Crippen LogP contribution in [0.3, 0.4) is 0 Å². The Morgan fingerprint density at radius 1 is 1.05 bits per heavy atom. The van der Waals surface area contributed by atoms with Gasteiger partial charge in [-0.15, -0.1) is 6.42 Å². The van der Waals surface area contributed by atoms with Crippen molar-refractivity contribution in [1.29, 1.82) is 0 Å². The number of hydrogen-bond donors (Lipinski definition) is 0. The van der Waals surface area contributed by atoms with Crippen LogP contribution in [0, 0.1) is 24.0 Å². The van der Waals surface area contributed by atoms with E-state index in [9.17, 15) is 4.79 Å². The van der Waals surface area contributed by atoms with Crippen molar-refractivity contribution < 1.29 is 37.3 Å². The van der Waals surface area contributed by atoms with Gasteiger partial charge in [-0.1, -0.05) is 36.3 Å². The first-order valence-corrected chi connectivity index (χ1v) is 19.2. The molecule has 0 spiro atoms. The summed E-state index contributed by atoms with van der Waals surface area (Å²) in [6, 6.07) is 5.16. The Morgan fingerprint density at radius 3 is 2.54 bits per heavy atom. The third-order valence-corrected chi connectivity index (χ3v) is 11.7. The normalized spacial score (nSPS) is 22.3. The van der Waals surface area contributed by atoms with Crippen LogP contribution >= 0.6 is 0 Å². The average Bonchev–Trinajstić information content (AvgIpc) is 3.72. The van der Waals surface area contributed by atoms with Crippen LogP contribution in [-0.4, -0.2) is 107 Å². The average molecular weight is 779 g/mol. The maximum absolute atomic E-state index is 17.6. The first kappa shape index (κ1) is 37.1. The van der Waals surface area contributed by atoms with Crippen LogP contribution in [0.1, 0.15) is 52.0 Å². The monoisotopic (exact) mass is 778 g/mol. The fourth-order valence-electron chi connectivity index (χ4n) is 9.51. The second-order valence-electron chi connectivity index (χ2n) is 16.8. The van der Waals surface area contributed by atoms with E-state index in [1.54, 1.807) is 18.2 Å². The molecule has 5 aliphatic heterocycles. The van der Waals surface area contributed by atoms with Crippen molar-refractivity contribution in [3.05, 3.63) is 65.8 Å². The van der Waals surface area contributed by atoms with Crippen molar-refractivity contribution in [2.45, 2.75) is 75.7 Å². The first-order chi connectivity index (χ1) is 27.3. The number of methoxy groups -OCH3 is 1. The van der Waals surface area contributed by atoms with Gasteiger partial charge in [-0.3, -0.25) is 9.80 Å². The number of aromatic nitrogens is 3. The van der Waals surface area contributed by atoms with Gasteiger partial charge < -0.3 is 28.6 Å². The fraction of sp³-hybridized carbons (Fsp3) is 0.442. The summed E-state index contributed by atoms with van der Waals surface area (Å²) in [5.74, 6) is 1.79. The molecule has 2 bridgehead atoms. The van der Waals surface area contributed by atoms with Gasteiger partial charge in [-0.05, 0) is 70.0 Å². The van der Waals surface area contributed by atoms with Gasteiger partial charge in [0.05, 0.1) is 29.2 Å². The highest BCUT2D eigenvalue weighted by Gasteiger charge is 2.52. The number of carbonyl (C=O) groups is 1. The second kappa shape index (κ2) is 13.6. The number of fused-ring (bicyclic) bond motifs is 7. The number of benzene rings is 2.